The molecule has 17 heavy (non-hydrogen) atoms. The van der Waals surface area contributed by atoms with E-state index in [-0.39, 0.29) is 0 Å². The third-order valence-electron chi connectivity index (χ3n) is 2.68. The fourth-order valence-electron chi connectivity index (χ4n) is 1.90. The predicted octanol–water partition coefficient (Wildman–Crippen LogP) is 3.34. The van der Waals surface area contributed by atoms with Gasteiger partial charge in [-0.2, -0.15) is 0 Å². The molecule has 0 fully saturated rings. The van der Waals surface area contributed by atoms with E-state index < -0.39 is 9.84 Å². The molecule has 2 aromatic rings. The summed E-state index contributed by atoms with van der Waals surface area (Å²) < 4.78 is 25.5. The monoisotopic (exact) mass is 309 g/mol. The number of sulfone groups is 1. The van der Waals surface area contributed by atoms with Gasteiger partial charge in [-0.15, -0.1) is 0 Å². The summed E-state index contributed by atoms with van der Waals surface area (Å²) in [6.45, 7) is 0. The second-order valence-electron chi connectivity index (χ2n) is 3.77. The minimum absolute atomic E-state index is 0.319. The Bertz CT molecular complexity index is 710. The van der Waals surface area contributed by atoms with Crippen molar-refractivity contribution in [1.82, 2.24) is 0 Å². The maximum Gasteiger partial charge on any atom is 0.210 e. The van der Waals surface area contributed by atoms with Crippen LogP contribution in [0, 0.1) is 0 Å². The molecule has 86 valence electrons. The molecule has 3 rings (SSSR count). The molecular formula is C12H8BrNO2S. The van der Waals surface area contributed by atoms with Gasteiger partial charge in [0.2, 0.25) is 9.84 Å². The summed E-state index contributed by atoms with van der Waals surface area (Å²) in [6, 6.07) is 12.0. The lowest BCUT2D eigenvalue weighted by Crippen LogP contribution is -2.13. The minimum atomic E-state index is -3.40. The summed E-state index contributed by atoms with van der Waals surface area (Å²) in [7, 11) is -3.40. The van der Waals surface area contributed by atoms with Crippen LogP contribution in [0.25, 0.3) is 0 Å². The molecule has 5 heteroatoms. The molecule has 0 atom stereocenters. The largest absolute Gasteiger partial charge is 0.353 e. The highest BCUT2D eigenvalue weighted by Gasteiger charge is 2.28. The van der Waals surface area contributed by atoms with Crippen molar-refractivity contribution in [1.29, 1.82) is 0 Å². The molecule has 1 aliphatic rings. The lowest BCUT2D eigenvalue weighted by Gasteiger charge is -2.21. The van der Waals surface area contributed by atoms with Gasteiger partial charge in [-0.1, -0.05) is 28.1 Å². The zero-order chi connectivity index (χ0) is 12.0. The fraction of sp³-hybridized carbons (Fsp3) is 0. The van der Waals surface area contributed by atoms with Crippen LogP contribution in [-0.2, 0) is 9.84 Å². The third kappa shape index (κ3) is 1.57. The molecule has 3 nitrogen and oxygen atoms in total. The van der Waals surface area contributed by atoms with Crippen molar-refractivity contribution >= 4 is 37.1 Å². The number of rotatable bonds is 0. The molecule has 0 unspecified atom stereocenters. The normalized spacial score (nSPS) is 15.6. The Kier molecular flexibility index (Phi) is 2.27. The van der Waals surface area contributed by atoms with Crippen LogP contribution in [0.3, 0.4) is 0 Å². The molecule has 1 aliphatic heterocycles. The van der Waals surface area contributed by atoms with E-state index in [4.69, 9.17) is 0 Å². The van der Waals surface area contributed by atoms with Crippen molar-refractivity contribution < 1.29 is 8.42 Å². The molecule has 0 saturated heterocycles. The average Bonchev–Trinajstić information content (AvgIpc) is 2.28. The summed E-state index contributed by atoms with van der Waals surface area (Å²) in [6.07, 6.45) is 0. The summed E-state index contributed by atoms with van der Waals surface area (Å²) in [5.41, 5.74) is 1.23. The smallest absolute Gasteiger partial charge is 0.210 e. The SMILES string of the molecule is O=S1(=O)c2ccccc2Nc2cc(Br)ccc21. The van der Waals surface area contributed by atoms with E-state index in [2.05, 4.69) is 21.2 Å². The first kappa shape index (κ1) is 10.8. The standard InChI is InChI=1S/C12H8BrNO2S/c13-8-5-6-12-10(7-8)14-9-3-1-2-4-11(9)17(12,15)16/h1-7,14H. The predicted molar refractivity (Wildman–Crippen MR) is 69.3 cm³/mol. The summed E-state index contributed by atoms with van der Waals surface area (Å²) in [5.74, 6) is 0. The van der Waals surface area contributed by atoms with Gasteiger partial charge in [0.1, 0.15) is 0 Å². The van der Waals surface area contributed by atoms with Gasteiger partial charge in [0.15, 0.2) is 0 Å². The molecule has 0 bridgehead atoms. The van der Waals surface area contributed by atoms with Gasteiger partial charge in [-0.05, 0) is 30.3 Å². The van der Waals surface area contributed by atoms with Crippen molar-refractivity contribution in [3.63, 3.8) is 0 Å². The van der Waals surface area contributed by atoms with Crippen LogP contribution in [0.1, 0.15) is 0 Å². The van der Waals surface area contributed by atoms with Crippen LogP contribution in [-0.4, -0.2) is 8.42 Å². The second kappa shape index (κ2) is 3.58. The second-order valence-corrected chi connectivity index (χ2v) is 6.57. The molecule has 2 aromatic carbocycles. The van der Waals surface area contributed by atoms with E-state index in [1.807, 2.05) is 6.07 Å². The number of hydrogen-bond acceptors (Lipinski definition) is 3. The Morgan fingerprint density at radius 2 is 1.65 bits per heavy atom. The maximum atomic E-state index is 12.4. The maximum absolute atomic E-state index is 12.4. The highest BCUT2D eigenvalue weighted by molar-refractivity contribution is 9.10. The third-order valence-corrected chi connectivity index (χ3v) is 5.04. The Hall–Kier alpha value is -1.33. The molecule has 1 N–H and O–H groups in total. The van der Waals surface area contributed by atoms with Crippen LogP contribution < -0.4 is 5.32 Å². The topological polar surface area (TPSA) is 46.2 Å². The van der Waals surface area contributed by atoms with Crippen molar-refractivity contribution in [2.75, 3.05) is 5.32 Å². The number of halogens is 1. The van der Waals surface area contributed by atoms with Gasteiger partial charge in [0.05, 0.1) is 21.2 Å². The molecule has 0 radical (unpaired) electrons. The van der Waals surface area contributed by atoms with Gasteiger partial charge in [-0.3, -0.25) is 0 Å². The zero-order valence-electron chi connectivity index (χ0n) is 8.64. The number of para-hydroxylation sites is 1. The Morgan fingerprint density at radius 3 is 2.47 bits per heavy atom. The zero-order valence-corrected chi connectivity index (χ0v) is 11.0. The average molecular weight is 310 g/mol. The van der Waals surface area contributed by atoms with Crippen LogP contribution in [0.2, 0.25) is 0 Å². The highest BCUT2D eigenvalue weighted by atomic mass is 79.9. The van der Waals surface area contributed by atoms with Gasteiger partial charge in [0, 0.05) is 4.47 Å². The molecule has 0 spiro atoms. The van der Waals surface area contributed by atoms with Gasteiger partial charge < -0.3 is 5.32 Å². The molecule has 1 heterocycles. The van der Waals surface area contributed by atoms with Gasteiger partial charge >= 0.3 is 0 Å². The van der Waals surface area contributed by atoms with Crippen molar-refractivity contribution in [3.05, 3.63) is 46.9 Å². The number of fused-ring (bicyclic) bond motifs is 2. The number of anilines is 2. The lowest BCUT2D eigenvalue weighted by molar-refractivity contribution is 0.596. The van der Waals surface area contributed by atoms with E-state index in [1.54, 1.807) is 36.4 Å². The van der Waals surface area contributed by atoms with Crippen molar-refractivity contribution in [2.45, 2.75) is 9.79 Å². The van der Waals surface area contributed by atoms with E-state index >= 15 is 0 Å². The summed E-state index contributed by atoms with van der Waals surface area (Å²) in [4.78, 5) is 0.647. The molecule has 0 aromatic heterocycles. The molecule has 0 saturated carbocycles. The highest BCUT2D eigenvalue weighted by Crippen LogP contribution is 2.39. The van der Waals surface area contributed by atoms with E-state index in [9.17, 15) is 8.42 Å². The Morgan fingerprint density at radius 1 is 0.941 bits per heavy atom. The summed E-state index contributed by atoms with van der Waals surface area (Å²) in [5, 5.41) is 3.13. The lowest BCUT2D eigenvalue weighted by atomic mass is 10.2. The molecule has 0 amide bonds. The Labute approximate surface area is 108 Å². The molecular weight excluding hydrogens is 302 g/mol. The fourth-order valence-corrected chi connectivity index (χ4v) is 3.81. The number of benzene rings is 2. The van der Waals surface area contributed by atoms with E-state index in [0.717, 1.165) is 4.47 Å². The number of nitrogens with one attached hydrogen (secondary N) is 1. The van der Waals surface area contributed by atoms with E-state index in [0.29, 0.717) is 21.2 Å². The van der Waals surface area contributed by atoms with Crippen LogP contribution in [0.15, 0.2) is 56.7 Å². The minimum Gasteiger partial charge on any atom is -0.353 e. The van der Waals surface area contributed by atoms with Crippen LogP contribution in [0.5, 0.6) is 0 Å². The van der Waals surface area contributed by atoms with Crippen molar-refractivity contribution in [3.8, 4) is 0 Å². The first-order chi connectivity index (χ1) is 8.09. The first-order valence-electron chi connectivity index (χ1n) is 5.00. The van der Waals surface area contributed by atoms with Gasteiger partial charge in [0.25, 0.3) is 0 Å². The first-order valence-corrected chi connectivity index (χ1v) is 7.27. The molecule has 0 aliphatic carbocycles. The Balaban J connectivity index is 2.35. The van der Waals surface area contributed by atoms with E-state index in [1.165, 1.54) is 0 Å². The van der Waals surface area contributed by atoms with Gasteiger partial charge in [-0.25, -0.2) is 8.42 Å². The number of hydrogen-bond donors (Lipinski definition) is 1. The van der Waals surface area contributed by atoms with Crippen LogP contribution in [0.4, 0.5) is 11.4 Å². The summed E-state index contributed by atoms with van der Waals surface area (Å²) >= 11 is 3.33. The van der Waals surface area contributed by atoms with Crippen LogP contribution >= 0.6 is 15.9 Å². The quantitative estimate of drug-likeness (QED) is 0.693. The van der Waals surface area contributed by atoms with Crippen molar-refractivity contribution in [2.24, 2.45) is 0 Å².